The van der Waals surface area contributed by atoms with E-state index in [0.29, 0.717) is 36.0 Å². The first-order valence-corrected chi connectivity index (χ1v) is 13.8. The first kappa shape index (κ1) is 27.6. The standard InChI is InChI=1S/C27H25F6N3O2S/c1-2-16-15-36-10-8-17(16)11-24(36)25(22-7-9-34-23-6-4-3-5-21(22)23)35-39(37,38)20-13-18(26(28,29)30)12-19(14-20)27(31,32)33/h2-7,9,12-14,16-17,24-25,35H,1,8,10-11,15H2/t16?,17?,24-,25-/m1/s1. The number of pyridine rings is 1. The predicted molar refractivity (Wildman–Crippen MR) is 133 cm³/mol. The van der Waals surface area contributed by atoms with Crippen LogP contribution in [-0.4, -0.2) is 37.4 Å². The molecular weight excluding hydrogens is 544 g/mol. The lowest BCUT2D eigenvalue weighted by atomic mass is 9.73. The Labute approximate surface area is 221 Å². The van der Waals surface area contributed by atoms with Crippen molar-refractivity contribution in [3.63, 3.8) is 0 Å². The van der Waals surface area contributed by atoms with Gasteiger partial charge in [0.25, 0.3) is 0 Å². The highest BCUT2D eigenvalue weighted by Gasteiger charge is 2.45. The van der Waals surface area contributed by atoms with E-state index in [4.69, 9.17) is 0 Å². The minimum absolute atomic E-state index is 0.0892. The quantitative estimate of drug-likeness (QED) is 0.284. The van der Waals surface area contributed by atoms with Gasteiger partial charge >= 0.3 is 12.4 Å². The molecule has 0 amide bonds. The summed E-state index contributed by atoms with van der Waals surface area (Å²) >= 11 is 0. The number of hydrogen-bond donors (Lipinski definition) is 1. The summed E-state index contributed by atoms with van der Waals surface area (Å²) in [7, 11) is -4.84. The van der Waals surface area contributed by atoms with Gasteiger partial charge in [-0.15, -0.1) is 6.58 Å². The maximum absolute atomic E-state index is 13.6. The molecule has 0 spiro atoms. The van der Waals surface area contributed by atoms with Gasteiger partial charge in [-0.1, -0.05) is 24.3 Å². The first-order chi connectivity index (χ1) is 18.3. The van der Waals surface area contributed by atoms with Crippen molar-refractivity contribution < 1.29 is 34.8 Å². The van der Waals surface area contributed by atoms with Crippen LogP contribution in [0.2, 0.25) is 0 Å². The molecule has 5 nitrogen and oxygen atoms in total. The van der Waals surface area contributed by atoms with Crippen molar-refractivity contribution in [3.05, 3.63) is 84.1 Å². The van der Waals surface area contributed by atoms with Crippen molar-refractivity contribution >= 4 is 20.9 Å². The van der Waals surface area contributed by atoms with Crippen molar-refractivity contribution in [2.24, 2.45) is 11.8 Å². The third kappa shape index (κ3) is 5.42. The molecule has 3 saturated heterocycles. The molecule has 0 aliphatic carbocycles. The number of nitrogens with zero attached hydrogens (tertiary/aromatic N) is 2. The number of nitrogens with one attached hydrogen (secondary N) is 1. The monoisotopic (exact) mass is 569 g/mol. The third-order valence-corrected chi connectivity index (χ3v) is 9.13. The summed E-state index contributed by atoms with van der Waals surface area (Å²) in [6, 6.07) is 7.70. The molecule has 3 aliphatic rings. The normalized spacial score (nSPS) is 24.6. The SMILES string of the molecule is C=CC1CN2CCC1C[C@@H]2[C@H](NS(=O)(=O)c1cc(C(F)(F)F)cc(C(F)(F)F)c1)c1ccnc2ccccc12. The fourth-order valence-corrected chi connectivity index (χ4v) is 7.10. The minimum atomic E-state index is -5.18. The summed E-state index contributed by atoms with van der Waals surface area (Å²) in [5, 5.41) is 0.635. The third-order valence-electron chi connectivity index (χ3n) is 7.71. The van der Waals surface area contributed by atoms with Crippen LogP contribution in [0.25, 0.3) is 10.9 Å². The number of fused-ring (bicyclic) bond motifs is 4. The second-order valence-electron chi connectivity index (χ2n) is 10.0. The largest absolute Gasteiger partial charge is 0.416 e. The number of benzene rings is 2. The Kier molecular flexibility index (Phi) is 7.01. The van der Waals surface area contributed by atoms with Crippen LogP contribution in [0, 0.1) is 11.8 Å². The Morgan fingerprint density at radius 2 is 1.69 bits per heavy atom. The van der Waals surface area contributed by atoms with Gasteiger partial charge in [-0.2, -0.15) is 26.3 Å². The van der Waals surface area contributed by atoms with E-state index in [1.165, 1.54) is 6.20 Å². The maximum atomic E-state index is 13.6. The molecule has 2 bridgehead atoms. The topological polar surface area (TPSA) is 62.3 Å². The predicted octanol–water partition coefficient (Wildman–Crippen LogP) is 6.19. The van der Waals surface area contributed by atoms with Crippen LogP contribution in [0.4, 0.5) is 26.3 Å². The molecule has 4 heterocycles. The molecule has 3 fully saturated rings. The Bertz CT molecular complexity index is 1470. The molecule has 208 valence electrons. The molecular formula is C27H25F6N3O2S. The van der Waals surface area contributed by atoms with Crippen LogP contribution >= 0.6 is 0 Å². The zero-order chi connectivity index (χ0) is 28.2. The molecule has 3 aliphatic heterocycles. The molecule has 0 saturated carbocycles. The molecule has 1 aromatic heterocycles. The average Bonchev–Trinajstić information content (AvgIpc) is 2.90. The van der Waals surface area contributed by atoms with Gasteiger partial charge < -0.3 is 0 Å². The minimum Gasteiger partial charge on any atom is -0.298 e. The van der Waals surface area contributed by atoms with Crippen molar-refractivity contribution in [3.8, 4) is 0 Å². The summed E-state index contributed by atoms with van der Waals surface area (Å²) < 4.78 is 111. The lowest BCUT2D eigenvalue weighted by molar-refractivity contribution is -0.143. The van der Waals surface area contributed by atoms with Gasteiger partial charge in [0, 0.05) is 24.2 Å². The highest BCUT2D eigenvalue weighted by atomic mass is 32.2. The van der Waals surface area contributed by atoms with Gasteiger partial charge in [0.05, 0.1) is 27.6 Å². The molecule has 0 radical (unpaired) electrons. The maximum Gasteiger partial charge on any atom is 0.416 e. The van der Waals surface area contributed by atoms with Crippen LogP contribution in [0.1, 0.15) is 35.6 Å². The number of rotatable bonds is 6. The molecule has 1 N–H and O–H groups in total. The van der Waals surface area contributed by atoms with E-state index >= 15 is 0 Å². The highest BCUT2D eigenvalue weighted by Crippen LogP contribution is 2.43. The number of halogens is 6. The molecule has 2 aromatic carbocycles. The Morgan fingerprint density at radius 1 is 1.03 bits per heavy atom. The number of piperidine rings is 3. The molecule has 3 aromatic rings. The summed E-state index contributed by atoms with van der Waals surface area (Å²) in [5.41, 5.74) is -2.27. The van der Waals surface area contributed by atoms with Gasteiger partial charge in [0.1, 0.15) is 0 Å². The molecule has 3 unspecified atom stereocenters. The van der Waals surface area contributed by atoms with E-state index in [1.54, 1.807) is 30.3 Å². The fraction of sp³-hybridized carbons (Fsp3) is 0.370. The highest BCUT2D eigenvalue weighted by molar-refractivity contribution is 7.89. The van der Waals surface area contributed by atoms with Gasteiger partial charge in [0.2, 0.25) is 10.0 Å². The van der Waals surface area contributed by atoms with Crippen molar-refractivity contribution in [1.29, 1.82) is 0 Å². The smallest absolute Gasteiger partial charge is 0.298 e. The molecule has 12 heteroatoms. The van der Waals surface area contributed by atoms with Gasteiger partial charge in [0.15, 0.2) is 0 Å². The number of sulfonamides is 1. The second-order valence-corrected chi connectivity index (χ2v) is 11.7. The summed E-state index contributed by atoms with van der Waals surface area (Å²) in [4.78, 5) is 5.33. The number of para-hydroxylation sites is 1. The van der Waals surface area contributed by atoms with Crippen LogP contribution in [-0.2, 0) is 22.4 Å². The second kappa shape index (κ2) is 9.90. The van der Waals surface area contributed by atoms with Gasteiger partial charge in [-0.05, 0) is 67.1 Å². The Balaban J connectivity index is 1.62. The van der Waals surface area contributed by atoms with Crippen molar-refractivity contribution in [2.75, 3.05) is 13.1 Å². The van der Waals surface area contributed by atoms with Crippen molar-refractivity contribution in [2.45, 2.75) is 42.2 Å². The van der Waals surface area contributed by atoms with E-state index in [-0.39, 0.29) is 36.1 Å². The number of hydrogen-bond acceptors (Lipinski definition) is 4. The molecule has 5 atom stereocenters. The number of alkyl halides is 6. The van der Waals surface area contributed by atoms with E-state index in [0.717, 1.165) is 6.42 Å². The van der Waals surface area contributed by atoms with E-state index in [9.17, 15) is 34.8 Å². The van der Waals surface area contributed by atoms with Crippen LogP contribution < -0.4 is 4.72 Å². The fourth-order valence-electron chi connectivity index (χ4n) is 5.78. The van der Waals surface area contributed by atoms with E-state index in [2.05, 4.69) is 21.2 Å². The van der Waals surface area contributed by atoms with Crippen LogP contribution in [0.3, 0.4) is 0 Å². The number of aromatic nitrogens is 1. The Morgan fingerprint density at radius 3 is 2.28 bits per heavy atom. The first-order valence-electron chi connectivity index (χ1n) is 12.3. The lowest BCUT2D eigenvalue weighted by Crippen LogP contribution is -2.57. The molecule has 39 heavy (non-hydrogen) atoms. The zero-order valence-electron chi connectivity index (χ0n) is 20.5. The zero-order valence-corrected chi connectivity index (χ0v) is 21.3. The lowest BCUT2D eigenvalue weighted by Gasteiger charge is -2.51. The van der Waals surface area contributed by atoms with E-state index < -0.39 is 44.4 Å². The van der Waals surface area contributed by atoms with Gasteiger partial charge in [-0.25, -0.2) is 13.1 Å². The summed E-state index contributed by atoms with van der Waals surface area (Å²) in [6.07, 6.45) is -5.52. The average molecular weight is 570 g/mol. The van der Waals surface area contributed by atoms with Crippen molar-refractivity contribution in [1.82, 2.24) is 14.6 Å². The Hall–Kier alpha value is -2.96. The van der Waals surface area contributed by atoms with Crippen LogP contribution in [0.5, 0.6) is 0 Å². The molecule has 6 rings (SSSR count). The summed E-state index contributed by atoms with van der Waals surface area (Å²) in [5.74, 6) is 0.433. The summed E-state index contributed by atoms with van der Waals surface area (Å²) in [6.45, 7) is 5.21. The van der Waals surface area contributed by atoms with Crippen LogP contribution in [0.15, 0.2) is 72.3 Å². The van der Waals surface area contributed by atoms with E-state index in [1.807, 2.05) is 6.08 Å². The van der Waals surface area contributed by atoms with Gasteiger partial charge in [-0.3, -0.25) is 9.88 Å².